The van der Waals surface area contributed by atoms with Gasteiger partial charge in [-0.2, -0.15) is 0 Å². The highest BCUT2D eigenvalue weighted by Gasteiger charge is 2.39. The number of nitrogens with one attached hydrogen (secondary N) is 4. The molecule has 1 saturated heterocycles. The minimum absolute atomic E-state index is 0.0205. The fourth-order valence-corrected chi connectivity index (χ4v) is 5.04. The van der Waals surface area contributed by atoms with Crippen LogP contribution in [0.4, 0.5) is 0 Å². The zero-order valence-electron chi connectivity index (χ0n) is 22.3. The monoisotopic (exact) mass is 566 g/mol. The van der Waals surface area contributed by atoms with Crippen molar-refractivity contribution in [1.82, 2.24) is 30.5 Å². The highest BCUT2D eigenvalue weighted by molar-refractivity contribution is 5.95. The van der Waals surface area contributed by atoms with Crippen LogP contribution in [0.1, 0.15) is 36.9 Å². The molecule has 4 unspecified atom stereocenters. The van der Waals surface area contributed by atoms with Crippen LogP contribution in [0.5, 0.6) is 0 Å². The number of imidazole rings is 1. The molecule has 1 aromatic carbocycles. The fourth-order valence-electron chi connectivity index (χ4n) is 5.04. The second-order valence-electron chi connectivity index (χ2n) is 10.1. The van der Waals surface area contributed by atoms with Gasteiger partial charge in [-0.25, -0.2) is 9.78 Å². The zero-order chi connectivity index (χ0) is 29.5. The van der Waals surface area contributed by atoms with Crippen molar-refractivity contribution in [2.24, 2.45) is 11.5 Å². The lowest BCUT2D eigenvalue weighted by molar-refractivity contribution is -0.145. The van der Waals surface area contributed by atoms with Crippen LogP contribution < -0.4 is 22.1 Å². The largest absolute Gasteiger partial charge is 0.480 e. The van der Waals surface area contributed by atoms with Crippen LogP contribution in [0.3, 0.4) is 0 Å². The molecular weight excluding hydrogens is 532 g/mol. The van der Waals surface area contributed by atoms with Gasteiger partial charge in [-0.15, -0.1) is 0 Å². The van der Waals surface area contributed by atoms with Crippen molar-refractivity contribution >= 4 is 40.5 Å². The summed E-state index contributed by atoms with van der Waals surface area (Å²) < 4.78 is 0. The minimum Gasteiger partial charge on any atom is -0.480 e. The molecule has 1 aliphatic heterocycles. The van der Waals surface area contributed by atoms with Gasteiger partial charge in [-0.05, 0) is 37.3 Å². The van der Waals surface area contributed by atoms with E-state index in [2.05, 4.69) is 25.6 Å². The Hall–Kier alpha value is -4.72. The van der Waals surface area contributed by atoms with E-state index >= 15 is 0 Å². The summed E-state index contributed by atoms with van der Waals surface area (Å²) >= 11 is 0. The van der Waals surface area contributed by atoms with E-state index in [0.717, 1.165) is 16.5 Å². The van der Waals surface area contributed by atoms with E-state index in [0.29, 0.717) is 18.5 Å². The number of carboxylic acids is 1. The van der Waals surface area contributed by atoms with E-state index < -0.39 is 53.8 Å². The van der Waals surface area contributed by atoms with Gasteiger partial charge in [-0.1, -0.05) is 18.2 Å². The number of fused-ring (bicyclic) bond motifs is 1. The van der Waals surface area contributed by atoms with Gasteiger partial charge < -0.3 is 42.1 Å². The standard InChI is InChI=1S/C27H34N8O6/c28-18(10-15-12-31-19-5-2-1-4-17(15)19)24(37)33-20(7-8-23(29)36)26(39)35-9-3-6-22(35)25(38)34-21(27(40)41)11-16-13-30-14-32-16/h1-2,4-5,12-14,18,20-22,31H,3,6-11,28H2,(H2,29,36)(H,30,32)(H,33,37)(H,34,38)(H,40,41). The summed E-state index contributed by atoms with van der Waals surface area (Å²) in [4.78, 5) is 74.2. The molecule has 3 aromatic rings. The number of nitrogens with two attached hydrogens (primary N) is 2. The number of carbonyl (C=O) groups is 5. The molecule has 4 rings (SSSR count). The summed E-state index contributed by atoms with van der Waals surface area (Å²) in [7, 11) is 0. The Morgan fingerprint density at radius 2 is 1.88 bits per heavy atom. The van der Waals surface area contributed by atoms with Crippen molar-refractivity contribution in [2.45, 2.75) is 62.7 Å². The molecule has 0 saturated carbocycles. The molecule has 1 aliphatic rings. The van der Waals surface area contributed by atoms with E-state index in [9.17, 15) is 29.1 Å². The van der Waals surface area contributed by atoms with Gasteiger partial charge in [0, 0.05) is 48.4 Å². The topological polar surface area (TPSA) is 229 Å². The Balaban J connectivity index is 1.43. The maximum absolute atomic E-state index is 13.6. The molecule has 3 heterocycles. The number of benzene rings is 1. The summed E-state index contributed by atoms with van der Waals surface area (Å²) in [5.74, 6) is -3.68. The summed E-state index contributed by atoms with van der Waals surface area (Å²) in [5, 5.41) is 15.7. The number of carbonyl (C=O) groups excluding carboxylic acids is 4. The molecule has 9 N–H and O–H groups in total. The molecule has 0 aliphatic carbocycles. The maximum Gasteiger partial charge on any atom is 0.326 e. The molecule has 218 valence electrons. The third-order valence-corrected chi connectivity index (χ3v) is 7.18. The molecule has 1 fully saturated rings. The fraction of sp³-hybridized carbons (Fsp3) is 0.407. The van der Waals surface area contributed by atoms with Gasteiger partial charge in [0.15, 0.2) is 0 Å². The predicted molar refractivity (Wildman–Crippen MR) is 147 cm³/mol. The van der Waals surface area contributed by atoms with Crippen LogP contribution in [-0.4, -0.2) is 85.3 Å². The number of rotatable bonds is 13. The molecule has 14 nitrogen and oxygen atoms in total. The van der Waals surface area contributed by atoms with Crippen molar-refractivity contribution in [3.05, 3.63) is 54.2 Å². The van der Waals surface area contributed by atoms with E-state index in [1.165, 1.54) is 17.4 Å². The summed E-state index contributed by atoms with van der Waals surface area (Å²) in [6.07, 6.45) is 5.37. The van der Waals surface area contributed by atoms with Gasteiger partial charge in [0.25, 0.3) is 0 Å². The Bertz CT molecular complexity index is 1400. The average molecular weight is 567 g/mol. The number of para-hydroxylation sites is 1. The maximum atomic E-state index is 13.6. The number of primary amides is 1. The first kappa shape index (κ1) is 29.3. The quantitative estimate of drug-likeness (QED) is 0.140. The first-order valence-corrected chi connectivity index (χ1v) is 13.3. The normalized spacial score (nSPS) is 17.1. The van der Waals surface area contributed by atoms with Crippen LogP contribution in [-0.2, 0) is 36.8 Å². The number of amides is 4. The SMILES string of the molecule is NC(=O)CCC(NC(=O)C(N)Cc1c[nH]c2ccccc12)C(=O)N1CCCC1C(=O)NC(Cc1cnc[nH]1)C(=O)O. The number of carboxylic acid groups (broad SMARTS) is 1. The Morgan fingerprint density at radius 3 is 2.59 bits per heavy atom. The number of hydrogen-bond acceptors (Lipinski definition) is 7. The highest BCUT2D eigenvalue weighted by atomic mass is 16.4. The summed E-state index contributed by atoms with van der Waals surface area (Å²) in [6, 6.07) is 3.24. The molecule has 0 spiro atoms. The van der Waals surface area contributed by atoms with Crippen LogP contribution in [0, 0.1) is 0 Å². The Morgan fingerprint density at radius 1 is 1.10 bits per heavy atom. The van der Waals surface area contributed by atoms with Crippen molar-refractivity contribution < 1.29 is 29.1 Å². The zero-order valence-corrected chi connectivity index (χ0v) is 22.3. The molecule has 14 heteroatoms. The second-order valence-corrected chi connectivity index (χ2v) is 10.1. The number of aromatic amines is 2. The smallest absolute Gasteiger partial charge is 0.326 e. The third-order valence-electron chi connectivity index (χ3n) is 7.18. The predicted octanol–water partition coefficient (Wildman–Crippen LogP) is -0.686. The molecular formula is C27H34N8O6. The van der Waals surface area contributed by atoms with Crippen LogP contribution in [0.25, 0.3) is 10.9 Å². The Kier molecular flexibility index (Phi) is 9.34. The molecule has 0 bridgehead atoms. The molecule has 41 heavy (non-hydrogen) atoms. The number of hydrogen-bond donors (Lipinski definition) is 7. The van der Waals surface area contributed by atoms with Crippen molar-refractivity contribution in [3.8, 4) is 0 Å². The summed E-state index contributed by atoms with van der Waals surface area (Å²) in [5.41, 5.74) is 13.8. The van der Waals surface area contributed by atoms with Gasteiger partial charge in [-0.3, -0.25) is 19.2 Å². The van der Waals surface area contributed by atoms with Crippen molar-refractivity contribution in [2.75, 3.05) is 6.54 Å². The Labute approximate surface area is 235 Å². The lowest BCUT2D eigenvalue weighted by atomic mass is 10.0. The molecule has 2 aromatic heterocycles. The molecule has 4 amide bonds. The van der Waals surface area contributed by atoms with Gasteiger partial charge >= 0.3 is 5.97 Å². The molecule has 0 radical (unpaired) electrons. The van der Waals surface area contributed by atoms with Crippen LogP contribution >= 0.6 is 0 Å². The van der Waals surface area contributed by atoms with Gasteiger partial charge in [0.1, 0.15) is 18.1 Å². The number of likely N-dealkylation sites (tertiary alicyclic amines) is 1. The van der Waals surface area contributed by atoms with Crippen molar-refractivity contribution in [1.29, 1.82) is 0 Å². The minimum atomic E-state index is -1.24. The van der Waals surface area contributed by atoms with Crippen molar-refractivity contribution in [3.63, 3.8) is 0 Å². The second kappa shape index (κ2) is 13.1. The first-order chi connectivity index (χ1) is 19.6. The van der Waals surface area contributed by atoms with Crippen LogP contribution in [0.15, 0.2) is 43.0 Å². The van der Waals surface area contributed by atoms with Crippen LogP contribution in [0.2, 0.25) is 0 Å². The number of nitrogens with zero attached hydrogens (tertiary/aromatic N) is 2. The average Bonchev–Trinajstić information content (AvgIpc) is 3.71. The highest BCUT2D eigenvalue weighted by Crippen LogP contribution is 2.21. The lowest BCUT2D eigenvalue weighted by Gasteiger charge is -2.30. The van der Waals surface area contributed by atoms with Gasteiger partial charge in [0.2, 0.25) is 23.6 Å². The number of H-pyrrole nitrogens is 2. The van der Waals surface area contributed by atoms with E-state index in [-0.39, 0.29) is 32.2 Å². The first-order valence-electron chi connectivity index (χ1n) is 13.3. The van der Waals surface area contributed by atoms with Gasteiger partial charge in [0.05, 0.1) is 12.4 Å². The van der Waals surface area contributed by atoms with E-state index in [1.807, 2.05) is 24.3 Å². The lowest BCUT2D eigenvalue weighted by Crippen LogP contribution is -2.57. The number of aliphatic carboxylic acids is 1. The third kappa shape index (κ3) is 7.28. The summed E-state index contributed by atoms with van der Waals surface area (Å²) in [6.45, 7) is 0.222. The molecule has 4 atom stereocenters. The number of aromatic nitrogens is 3. The van der Waals surface area contributed by atoms with E-state index in [4.69, 9.17) is 11.5 Å². The van der Waals surface area contributed by atoms with E-state index in [1.54, 1.807) is 6.20 Å².